The summed E-state index contributed by atoms with van der Waals surface area (Å²) in [6.07, 6.45) is -4.31. The molecule has 1 N–H and O–H groups in total. The average molecular weight is 466 g/mol. The molecule has 2 aromatic carbocycles. The van der Waals surface area contributed by atoms with E-state index in [0.717, 1.165) is 16.0 Å². The normalized spacial score (nSPS) is 27.9. The molecule has 2 atom stereocenters. The number of piperidine rings is 1. The lowest BCUT2D eigenvalue weighted by Gasteiger charge is -2.31. The third-order valence-electron chi connectivity index (χ3n) is 5.94. The van der Waals surface area contributed by atoms with Gasteiger partial charge in [0.2, 0.25) is 11.8 Å². The first-order valence-corrected chi connectivity index (χ1v) is 11.0. The van der Waals surface area contributed by atoms with Crippen molar-refractivity contribution in [1.82, 2.24) is 15.1 Å². The van der Waals surface area contributed by atoms with E-state index >= 15 is 0 Å². The molecule has 2 unspecified atom stereocenters. The van der Waals surface area contributed by atoms with Crippen LogP contribution in [0.15, 0.2) is 54.7 Å². The van der Waals surface area contributed by atoms with Crippen molar-refractivity contribution in [2.75, 3.05) is 19.8 Å². The molecule has 3 amide bonds. The van der Waals surface area contributed by atoms with Crippen molar-refractivity contribution in [3.8, 4) is 5.75 Å². The summed E-state index contributed by atoms with van der Waals surface area (Å²) < 4.78 is 44.8. The minimum atomic E-state index is -2.70. The molecular weight excluding hydrogens is 434 g/mol. The smallest absolute Gasteiger partial charge is 0.255 e. The molecule has 0 bridgehead atoms. The van der Waals surface area contributed by atoms with E-state index in [1.807, 2.05) is 24.3 Å². The summed E-state index contributed by atoms with van der Waals surface area (Å²) in [5, 5.41) is 2.29. The monoisotopic (exact) mass is 465 g/mol. The van der Waals surface area contributed by atoms with Gasteiger partial charge in [0, 0.05) is 34.0 Å². The Kier molecular flexibility index (Phi) is 4.86. The Bertz CT molecular complexity index is 1320. The maximum atomic E-state index is 13.3. The van der Waals surface area contributed by atoms with Crippen molar-refractivity contribution in [3.63, 3.8) is 0 Å². The van der Waals surface area contributed by atoms with Gasteiger partial charge in [-0.25, -0.2) is 0 Å². The van der Waals surface area contributed by atoms with Crippen LogP contribution in [0.5, 0.6) is 5.75 Å². The van der Waals surface area contributed by atoms with Gasteiger partial charge in [-0.1, -0.05) is 36.9 Å². The molecule has 3 aliphatic rings. The highest BCUT2D eigenvalue weighted by Gasteiger charge is 2.39. The molecule has 0 aromatic heterocycles. The lowest BCUT2D eigenvalue weighted by Crippen LogP contribution is -2.49. The molecule has 2 saturated heterocycles. The fourth-order valence-corrected chi connectivity index (χ4v) is 4.12. The highest BCUT2D eigenvalue weighted by Crippen LogP contribution is 2.34. The Hall–Kier alpha value is -3.65. The molecule has 3 aliphatic heterocycles. The number of morpholine rings is 1. The molecule has 8 nitrogen and oxygen atoms in total. The minimum absolute atomic E-state index is 0.0402. The number of carbonyl (C=O) groups is 3. The van der Waals surface area contributed by atoms with Gasteiger partial charge in [-0.2, -0.15) is 0 Å². The van der Waals surface area contributed by atoms with E-state index in [9.17, 15) is 14.4 Å². The number of nitrogens with zero attached hydrogens (tertiary/aromatic N) is 2. The lowest BCUT2D eigenvalue weighted by atomic mass is 10.0. The number of fused-ring (bicyclic) bond motifs is 1. The number of hydrogen-bond donors (Lipinski definition) is 1. The topological polar surface area (TPSA) is 88.2 Å². The number of rotatable bonds is 6. The van der Waals surface area contributed by atoms with E-state index in [1.54, 1.807) is 23.1 Å². The number of benzene rings is 2. The Morgan fingerprint density at radius 1 is 1.18 bits per heavy atom. The summed E-state index contributed by atoms with van der Waals surface area (Å²) in [5.74, 6) is -1.38. The molecule has 5 rings (SSSR count). The summed E-state index contributed by atoms with van der Waals surface area (Å²) in [6.45, 7) is 5.15. The summed E-state index contributed by atoms with van der Waals surface area (Å²) in [6, 6.07) is 9.80. The predicted molar refractivity (Wildman–Crippen MR) is 124 cm³/mol. The lowest BCUT2D eigenvalue weighted by molar-refractivity contribution is -0.143. The zero-order chi connectivity index (χ0) is 27.2. The number of nitrogens with one attached hydrogen (secondary N) is 1. The fraction of sp³-hybridized carbons (Fsp3) is 0.346. The van der Waals surface area contributed by atoms with Gasteiger partial charge in [0.25, 0.3) is 5.91 Å². The Morgan fingerprint density at radius 3 is 2.76 bits per heavy atom. The number of amides is 3. The van der Waals surface area contributed by atoms with Gasteiger partial charge < -0.3 is 24.6 Å². The summed E-state index contributed by atoms with van der Waals surface area (Å²) in [7, 11) is 0. The molecular formula is C26H27N3O5. The van der Waals surface area contributed by atoms with Crippen LogP contribution in [0.3, 0.4) is 0 Å². The Labute approximate surface area is 203 Å². The molecule has 0 spiro atoms. The first-order chi connectivity index (χ1) is 18.0. The molecule has 3 heterocycles. The van der Waals surface area contributed by atoms with Crippen LogP contribution >= 0.6 is 0 Å². The quantitative estimate of drug-likeness (QED) is 0.708. The van der Waals surface area contributed by atoms with Crippen LogP contribution in [0.25, 0.3) is 0 Å². The van der Waals surface area contributed by atoms with Crippen molar-refractivity contribution in [2.24, 2.45) is 0 Å². The number of hydrogen-bond acceptors (Lipinski definition) is 5. The van der Waals surface area contributed by atoms with Crippen molar-refractivity contribution in [3.05, 3.63) is 77.0 Å². The summed E-state index contributed by atoms with van der Waals surface area (Å²) in [5.41, 5.74) is 2.34. The van der Waals surface area contributed by atoms with Gasteiger partial charge >= 0.3 is 0 Å². The average Bonchev–Trinajstić information content (AvgIpc) is 3.25. The van der Waals surface area contributed by atoms with E-state index in [-0.39, 0.29) is 36.9 Å². The van der Waals surface area contributed by atoms with E-state index in [0.29, 0.717) is 31.0 Å². The highest BCUT2D eigenvalue weighted by molar-refractivity contribution is 6.02. The number of ether oxygens (including phenoxy) is 2. The number of carbonyl (C=O) groups excluding carboxylic acids is 3. The Balaban J connectivity index is 1.31. The molecule has 2 aromatic rings. The van der Waals surface area contributed by atoms with E-state index < -0.39 is 30.6 Å². The number of allylic oxidation sites excluding steroid dienone is 1. The standard InChI is InChI=1S/C26H27N3O5/c1-17-5-10-22(25(31)27-17)29-14-21-20(26(29)32)3-2-4-23(21)34-15-19-8-6-18(7-9-19)13-28-11-12-33-16-24(28)30/h2-4,6-9,22H,1,5,10-16H2,(H,27,31)/i5D,10D2,22D. The third-order valence-corrected chi connectivity index (χ3v) is 5.94. The second kappa shape index (κ2) is 9.30. The van der Waals surface area contributed by atoms with Crippen molar-refractivity contribution < 1.29 is 29.3 Å². The second-order valence-electron chi connectivity index (χ2n) is 8.26. The van der Waals surface area contributed by atoms with Crippen molar-refractivity contribution in [1.29, 1.82) is 0 Å². The predicted octanol–water partition coefficient (Wildman–Crippen LogP) is 2.37. The van der Waals surface area contributed by atoms with Crippen LogP contribution in [0.4, 0.5) is 0 Å². The third kappa shape index (κ3) is 4.41. The summed E-state index contributed by atoms with van der Waals surface area (Å²) in [4.78, 5) is 40.6. The first-order valence-electron chi connectivity index (χ1n) is 13.0. The zero-order valence-electron chi connectivity index (χ0n) is 22.5. The zero-order valence-corrected chi connectivity index (χ0v) is 18.5. The largest absolute Gasteiger partial charge is 0.489 e. The van der Waals surface area contributed by atoms with Crippen LogP contribution < -0.4 is 10.1 Å². The first kappa shape index (κ1) is 17.8. The van der Waals surface area contributed by atoms with Gasteiger partial charge in [-0.15, -0.1) is 0 Å². The molecule has 34 heavy (non-hydrogen) atoms. The maximum Gasteiger partial charge on any atom is 0.255 e. The van der Waals surface area contributed by atoms with Crippen LogP contribution in [0.2, 0.25) is 0 Å². The molecule has 2 fully saturated rings. The van der Waals surface area contributed by atoms with Crippen LogP contribution in [0.1, 0.15) is 45.3 Å². The van der Waals surface area contributed by atoms with Crippen LogP contribution in [-0.4, -0.2) is 53.3 Å². The second-order valence-corrected chi connectivity index (χ2v) is 8.26. The fourth-order valence-electron chi connectivity index (χ4n) is 4.12. The van der Waals surface area contributed by atoms with Crippen molar-refractivity contribution >= 4 is 17.7 Å². The Morgan fingerprint density at radius 2 is 1.97 bits per heavy atom. The van der Waals surface area contributed by atoms with E-state index in [4.69, 9.17) is 15.0 Å². The summed E-state index contributed by atoms with van der Waals surface area (Å²) >= 11 is 0. The van der Waals surface area contributed by atoms with Crippen molar-refractivity contribution in [2.45, 2.75) is 38.5 Å². The van der Waals surface area contributed by atoms with Gasteiger partial charge in [0.05, 0.1) is 14.5 Å². The van der Waals surface area contributed by atoms with Gasteiger partial charge in [0.15, 0.2) is 0 Å². The molecule has 0 radical (unpaired) electrons. The minimum Gasteiger partial charge on any atom is -0.489 e. The van der Waals surface area contributed by atoms with Gasteiger partial charge in [-0.05, 0) is 36.0 Å². The molecule has 0 aliphatic carbocycles. The van der Waals surface area contributed by atoms with E-state index in [2.05, 4.69) is 11.9 Å². The van der Waals surface area contributed by atoms with Crippen LogP contribution in [-0.2, 0) is 34.0 Å². The van der Waals surface area contributed by atoms with E-state index in [1.165, 1.54) is 0 Å². The van der Waals surface area contributed by atoms with Gasteiger partial charge in [-0.3, -0.25) is 14.4 Å². The highest BCUT2D eigenvalue weighted by atomic mass is 16.5. The molecule has 176 valence electrons. The SMILES string of the molecule is [2H]C1C(=C)NC(=O)C([2H])(N2Cc3c(OCc4ccc(CN5CCOCC5=O)cc4)cccc3C2=O)C1([2H])[2H]. The molecule has 0 saturated carbocycles. The maximum absolute atomic E-state index is 13.3. The van der Waals surface area contributed by atoms with Crippen LogP contribution in [0, 0.1) is 0 Å². The van der Waals surface area contributed by atoms with Gasteiger partial charge in [0.1, 0.15) is 25.0 Å². The molecule has 8 heteroatoms.